The van der Waals surface area contributed by atoms with Gasteiger partial charge >= 0.3 is 5.97 Å². The maximum Gasteiger partial charge on any atom is 0.326 e. The van der Waals surface area contributed by atoms with E-state index in [2.05, 4.69) is 0 Å². The molecule has 0 radical (unpaired) electrons. The summed E-state index contributed by atoms with van der Waals surface area (Å²) < 4.78 is 5.37. The highest BCUT2D eigenvalue weighted by atomic mass is 16.4. The van der Waals surface area contributed by atoms with E-state index in [1.807, 2.05) is 0 Å². The fourth-order valence-corrected chi connectivity index (χ4v) is 2.42. The van der Waals surface area contributed by atoms with E-state index in [9.17, 15) is 9.59 Å². The van der Waals surface area contributed by atoms with Gasteiger partial charge in [0.1, 0.15) is 11.8 Å². The summed E-state index contributed by atoms with van der Waals surface area (Å²) in [5.74, 6) is -0.322. The van der Waals surface area contributed by atoms with Gasteiger partial charge in [0.05, 0.1) is 0 Å². The number of aryl methyl sites for hydroxylation is 2. The largest absolute Gasteiger partial charge is 0.480 e. The highest BCUT2D eigenvalue weighted by molar-refractivity contribution is 5.95. The highest BCUT2D eigenvalue weighted by Gasteiger charge is 2.34. The molecule has 1 atom stereocenters. The quantitative estimate of drug-likeness (QED) is 0.872. The van der Waals surface area contributed by atoms with E-state index in [0.29, 0.717) is 18.7 Å². The number of rotatable bonds is 2. The Morgan fingerprint density at radius 2 is 2.11 bits per heavy atom. The predicted molar refractivity (Wildman–Crippen MR) is 64.5 cm³/mol. The van der Waals surface area contributed by atoms with Crippen molar-refractivity contribution in [1.29, 1.82) is 0 Å². The number of piperidine rings is 1. The Morgan fingerprint density at radius 3 is 2.67 bits per heavy atom. The van der Waals surface area contributed by atoms with E-state index in [1.165, 1.54) is 4.90 Å². The fourth-order valence-electron chi connectivity index (χ4n) is 2.42. The van der Waals surface area contributed by atoms with Crippen LogP contribution in [0.5, 0.6) is 0 Å². The van der Waals surface area contributed by atoms with Gasteiger partial charge in [-0.05, 0) is 39.2 Å². The first kappa shape index (κ1) is 12.7. The second kappa shape index (κ2) is 4.84. The van der Waals surface area contributed by atoms with E-state index < -0.39 is 12.0 Å². The zero-order valence-electron chi connectivity index (χ0n) is 10.6. The minimum Gasteiger partial charge on any atom is -0.480 e. The van der Waals surface area contributed by atoms with Crippen LogP contribution in [0.15, 0.2) is 10.5 Å². The molecule has 1 amide bonds. The third kappa shape index (κ3) is 2.25. The summed E-state index contributed by atoms with van der Waals surface area (Å²) in [6.07, 6.45) is 2.20. The Labute approximate surface area is 105 Å². The number of carbonyl (C=O) groups excluding carboxylic acids is 1. The van der Waals surface area contributed by atoms with Crippen molar-refractivity contribution in [3.63, 3.8) is 0 Å². The highest BCUT2D eigenvalue weighted by Crippen LogP contribution is 2.22. The van der Waals surface area contributed by atoms with Gasteiger partial charge in [0, 0.05) is 12.1 Å². The van der Waals surface area contributed by atoms with Crippen molar-refractivity contribution in [3.05, 3.63) is 23.2 Å². The van der Waals surface area contributed by atoms with Gasteiger partial charge in [0.15, 0.2) is 5.76 Å². The number of amides is 1. The number of likely N-dealkylation sites (tertiary alicyclic amines) is 1. The molecule has 1 aromatic heterocycles. The van der Waals surface area contributed by atoms with Gasteiger partial charge in [-0.3, -0.25) is 4.79 Å². The Kier molecular flexibility index (Phi) is 3.41. The first-order chi connectivity index (χ1) is 8.50. The number of nitrogens with zero attached hydrogens (tertiary/aromatic N) is 1. The van der Waals surface area contributed by atoms with Crippen molar-refractivity contribution < 1.29 is 19.1 Å². The topological polar surface area (TPSA) is 70.8 Å². The maximum atomic E-state index is 12.3. The Hall–Kier alpha value is -1.78. The third-order valence-corrected chi connectivity index (χ3v) is 3.28. The molecule has 1 aliphatic rings. The van der Waals surface area contributed by atoms with Crippen LogP contribution in [-0.2, 0) is 4.79 Å². The lowest BCUT2D eigenvalue weighted by Gasteiger charge is -2.32. The summed E-state index contributed by atoms with van der Waals surface area (Å²) in [5, 5.41) is 9.15. The van der Waals surface area contributed by atoms with Gasteiger partial charge in [-0.15, -0.1) is 0 Å². The SMILES string of the molecule is Cc1cc(C)c(C(=O)N2CCCC[C@@H]2C(=O)O)o1. The van der Waals surface area contributed by atoms with Crippen molar-refractivity contribution >= 4 is 11.9 Å². The molecule has 1 aromatic rings. The van der Waals surface area contributed by atoms with Crippen LogP contribution < -0.4 is 0 Å². The molecular weight excluding hydrogens is 234 g/mol. The standard InChI is InChI=1S/C13H17NO4/c1-8-7-9(2)18-11(8)12(15)14-6-4-3-5-10(14)13(16)17/h7,10H,3-6H2,1-2H3,(H,16,17)/t10-/m1/s1. The van der Waals surface area contributed by atoms with Crippen molar-refractivity contribution in [3.8, 4) is 0 Å². The lowest BCUT2D eigenvalue weighted by Crippen LogP contribution is -2.48. The van der Waals surface area contributed by atoms with Gasteiger partial charge in [-0.2, -0.15) is 0 Å². The number of carboxylic acids is 1. The molecular formula is C13H17NO4. The Bertz CT molecular complexity index is 477. The van der Waals surface area contributed by atoms with Gasteiger partial charge in [0.2, 0.25) is 0 Å². The third-order valence-electron chi connectivity index (χ3n) is 3.28. The molecule has 5 nitrogen and oxygen atoms in total. The molecule has 18 heavy (non-hydrogen) atoms. The van der Waals surface area contributed by atoms with Crippen LogP contribution in [0, 0.1) is 13.8 Å². The van der Waals surface area contributed by atoms with Crippen molar-refractivity contribution in [1.82, 2.24) is 4.90 Å². The average Bonchev–Trinajstić information content (AvgIpc) is 2.67. The lowest BCUT2D eigenvalue weighted by molar-refractivity contribution is -0.143. The summed E-state index contributed by atoms with van der Waals surface area (Å²) >= 11 is 0. The summed E-state index contributed by atoms with van der Waals surface area (Å²) in [6, 6.07) is 1.06. The maximum absolute atomic E-state index is 12.3. The molecule has 5 heteroatoms. The first-order valence-corrected chi connectivity index (χ1v) is 6.11. The van der Waals surface area contributed by atoms with Crippen LogP contribution >= 0.6 is 0 Å². The van der Waals surface area contributed by atoms with E-state index >= 15 is 0 Å². The number of carbonyl (C=O) groups is 2. The summed E-state index contributed by atoms with van der Waals surface area (Å²) in [6.45, 7) is 4.05. The minimum atomic E-state index is -0.941. The molecule has 1 fully saturated rings. The zero-order chi connectivity index (χ0) is 13.3. The van der Waals surface area contributed by atoms with Crippen LogP contribution in [0.2, 0.25) is 0 Å². The number of hydrogen-bond acceptors (Lipinski definition) is 3. The molecule has 1 saturated heterocycles. The summed E-state index contributed by atoms with van der Waals surface area (Å²) in [4.78, 5) is 24.9. The number of furan rings is 1. The van der Waals surface area contributed by atoms with Crippen LogP contribution in [0.1, 0.15) is 41.1 Å². The molecule has 0 aromatic carbocycles. The molecule has 2 rings (SSSR count). The van der Waals surface area contributed by atoms with Crippen LogP contribution in [-0.4, -0.2) is 34.5 Å². The number of hydrogen-bond donors (Lipinski definition) is 1. The average molecular weight is 251 g/mol. The molecule has 98 valence electrons. The van der Waals surface area contributed by atoms with Gasteiger partial charge in [-0.1, -0.05) is 0 Å². The molecule has 2 heterocycles. The second-order valence-electron chi connectivity index (χ2n) is 4.72. The lowest BCUT2D eigenvalue weighted by atomic mass is 10.0. The van der Waals surface area contributed by atoms with E-state index in [1.54, 1.807) is 19.9 Å². The zero-order valence-corrected chi connectivity index (χ0v) is 10.6. The van der Waals surface area contributed by atoms with Crippen LogP contribution in [0.3, 0.4) is 0 Å². The smallest absolute Gasteiger partial charge is 0.326 e. The van der Waals surface area contributed by atoms with Crippen LogP contribution in [0.25, 0.3) is 0 Å². The second-order valence-corrected chi connectivity index (χ2v) is 4.72. The Morgan fingerprint density at radius 1 is 1.39 bits per heavy atom. The predicted octanol–water partition coefficient (Wildman–Crippen LogP) is 1.98. The normalized spacial score (nSPS) is 19.9. The molecule has 0 saturated carbocycles. The summed E-state index contributed by atoms with van der Waals surface area (Å²) in [5.41, 5.74) is 0.757. The van der Waals surface area contributed by atoms with Crippen molar-refractivity contribution in [2.45, 2.75) is 39.2 Å². The molecule has 0 aliphatic carbocycles. The van der Waals surface area contributed by atoms with Gasteiger partial charge < -0.3 is 14.4 Å². The van der Waals surface area contributed by atoms with E-state index in [4.69, 9.17) is 9.52 Å². The van der Waals surface area contributed by atoms with E-state index in [0.717, 1.165) is 18.4 Å². The molecule has 1 aliphatic heterocycles. The Balaban J connectivity index is 2.26. The van der Waals surface area contributed by atoms with Crippen molar-refractivity contribution in [2.75, 3.05) is 6.54 Å². The van der Waals surface area contributed by atoms with Gasteiger partial charge in [0.25, 0.3) is 5.91 Å². The van der Waals surface area contributed by atoms with Crippen molar-refractivity contribution in [2.24, 2.45) is 0 Å². The van der Waals surface area contributed by atoms with Crippen LogP contribution in [0.4, 0.5) is 0 Å². The monoisotopic (exact) mass is 251 g/mol. The minimum absolute atomic E-state index is 0.264. The molecule has 1 N–H and O–H groups in total. The number of aliphatic carboxylic acids is 1. The number of carboxylic acid groups (broad SMARTS) is 1. The molecule has 0 unspecified atom stereocenters. The van der Waals surface area contributed by atoms with E-state index in [-0.39, 0.29) is 11.7 Å². The van der Waals surface area contributed by atoms with Gasteiger partial charge in [-0.25, -0.2) is 4.79 Å². The first-order valence-electron chi connectivity index (χ1n) is 6.11. The summed E-state index contributed by atoms with van der Waals surface area (Å²) in [7, 11) is 0. The molecule has 0 bridgehead atoms. The fraction of sp³-hybridized carbons (Fsp3) is 0.538. The molecule has 0 spiro atoms.